The van der Waals surface area contributed by atoms with E-state index >= 15 is 0 Å². The number of aryl methyl sites for hydroxylation is 4. The van der Waals surface area contributed by atoms with Gasteiger partial charge in [0.1, 0.15) is 13.1 Å². The largest absolute Gasteiger partial charge is 0.378 e. The first-order valence-corrected chi connectivity index (χ1v) is 16.6. The van der Waals surface area contributed by atoms with Gasteiger partial charge in [-0.15, -0.1) is 0 Å². The van der Waals surface area contributed by atoms with Crippen LogP contribution in [0.4, 0.5) is 11.4 Å². The molecule has 0 fully saturated rings. The molecule has 5 aromatic rings. The zero-order chi connectivity index (χ0) is 31.6. The number of hydrogen-bond acceptors (Lipinski definition) is 2. The quantitative estimate of drug-likeness (QED) is 0.183. The Balaban J connectivity index is 1.29. The van der Waals surface area contributed by atoms with Crippen LogP contribution in [0.1, 0.15) is 46.2 Å². The molecule has 230 valence electrons. The number of aromatic nitrogens is 2. The molecule has 3 aromatic carbocycles. The van der Waals surface area contributed by atoms with Crippen LogP contribution in [-0.4, -0.2) is 28.2 Å². The van der Waals surface area contributed by atoms with Crippen LogP contribution in [0.15, 0.2) is 97.3 Å². The predicted octanol–water partition coefficient (Wildman–Crippen LogP) is 7.96. The van der Waals surface area contributed by atoms with Crippen LogP contribution < -0.4 is 18.9 Å². The maximum atomic E-state index is 2.48. The summed E-state index contributed by atoms with van der Waals surface area (Å²) in [5, 5.41) is 0. The van der Waals surface area contributed by atoms with Crippen molar-refractivity contribution >= 4 is 35.7 Å². The van der Waals surface area contributed by atoms with Gasteiger partial charge < -0.3 is 9.80 Å². The SMILES string of the molecule is CN(C)c1ccc(/C=C/c2cc[n+]3c(c2)-c2c(ccc4c2-c2cc(/C=C/c5ccc(N(C)C)cc5)cc[n+]2CCC4)CCC3)cc1. The molecule has 7 rings (SSSR count). The van der Waals surface area contributed by atoms with Gasteiger partial charge in [-0.3, -0.25) is 0 Å². The average Bonchev–Trinajstić information content (AvgIpc) is 3.38. The van der Waals surface area contributed by atoms with Crippen molar-refractivity contribution in [3.63, 3.8) is 0 Å². The van der Waals surface area contributed by atoms with E-state index in [1.54, 1.807) is 0 Å². The van der Waals surface area contributed by atoms with Crippen LogP contribution in [0.5, 0.6) is 0 Å². The fourth-order valence-electron chi connectivity index (χ4n) is 6.84. The molecule has 0 bridgehead atoms. The van der Waals surface area contributed by atoms with E-state index in [1.165, 1.54) is 67.3 Å². The lowest BCUT2D eigenvalue weighted by Crippen LogP contribution is -2.36. The zero-order valence-corrected chi connectivity index (χ0v) is 27.6. The lowest BCUT2D eigenvalue weighted by molar-refractivity contribution is -0.687. The fraction of sp³-hybridized carbons (Fsp3) is 0.238. The van der Waals surface area contributed by atoms with Crippen molar-refractivity contribution in [2.45, 2.75) is 38.8 Å². The summed E-state index contributed by atoms with van der Waals surface area (Å²) in [7, 11) is 8.32. The maximum Gasteiger partial charge on any atom is 0.214 e. The minimum atomic E-state index is 1.03. The van der Waals surface area contributed by atoms with Crippen molar-refractivity contribution in [2.75, 3.05) is 38.0 Å². The maximum absolute atomic E-state index is 2.48. The summed E-state index contributed by atoms with van der Waals surface area (Å²) in [6.45, 7) is 2.06. The summed E-state index contributed by atoms with van der Waals surface area (Å²) in [6, 6.07) is 31.6. The van der Waals surface area contributed by atoms with Crippen molar-refractivity contribution < 1.29 is 9.13 Å². The smallest absolute Gasteiger partial charge is 0.214 e. The summed E-state index contributed by atoms with van der Waals surface area (Å²) in [5.74, 6) is 0. The zero-order valence-electron chi connectivity index (χ0n) is 27.6. The Morgan fingerprint density at radius 1 is 0.478 bits per heavy atom. The molecule has 4 heterocycles. The fourth-order valence-corrected chi connectivity index (χ4v) is 6.84. The number of hydrogen-bond donors (Lipinski definition) is 0. The molecule has 0 spiro atoms. The summed E-state index contributed by atoms with van der Waals surface area (Å²) in [6.07, 6.45) is 18.0. The van der Waals surface area contributed by atoms with E-state index in [4.69, 9.17) is 0 Å². The van der Waals surface area contributed by atoms with Gasteiger partial charge in [0, 0.05) is 76.7 Å². The highest BCUT2D eigenvalue weighted by Crippen LogP contribution is 2.39. The topological polar surface area (TPSA) is 14.2 Å². The monoisotopic (exact) mass is 604 g/mol. The second kappa shape index (κ2) is 12.8. The predicted molar refractivity (Wildman–Crippen MR) is 194 cm³/mol. The molecule has 0 saturated carbocycles. The van der Waals surface area contributed by atoms with Crippen LogP contribution in [0.2, 0.25) is 0 Å². The highest BCUT2D eigenvalue weighted by Gasteiger charge is 2.31. The van der Waals surface area contributed by atoms with E-state index in [9.17, 15) is 0 Å². The number of fused-ring (bicyclic) bond motifs is 7. The molecule has 2 aliphatic heterocycles. The molecule has 0 aliphatic carbocycles. The van der Waals surface area contributed by atoms with E-state index in [2.05, 4.69) is 169 Å². The van der Waals surface area contributed by atoms with Gasteiger partial charge >= 0.3 is 0 Å². The van der Waals surface area contributed by atoms with Crippen LogP contribution in [0.25, 0.3) is 46.8 Å². The molecule has 0 N–H and O–H groups in total. The molecule has 4 nitrogen and oxygen atoms in total. The van der Waals surface area contributed by atoms with E-state index < -0.39 is 0 Å². The molecule has 4 heteroatoms. The van der Waals surface area contributed by atoms with Crippen LogP contribution in [0, 0.1) is 0 Å². The first-order chi connectivity index (χ1) is 22.4. The van der Waals surface area contributed by atoms with E-state index in [1.807, 2.05) is 0 Å². The number of benzene rings is 3. The Hall–Kier alpha value is -4.96. The molecule has 0 atom stereocenters. The third-order valence-corrected chi connectivity index (χ3v) is 9.46. The molecule has 46 heavy (non-hydrogen) atoms. The first kappa shape index (κ1) is 29.7. The Labute approximate surface area is 274 Å². The molecule has 0 saturated heterocycles. The molecule has 2 aromatic heterocycles. The van der Waals surface area contributed by atoms with Crippen molar-refractivity contribution in [2.24, 2.45) is 0 Å². The van der Waals surface area contributed by atoms with Gasteiger partial charge in [0.05, 0.1) is 11.1 Å². The van der Waals surface area contributed by atoms with Crippen molar-refractivity contribution in [1.82, 2.24) is 0 Å². The van der Waals surface area contributed by atoms with E-state index in [0.29, 0.717) is 0 Å². The summed E-state index contributed by atoms with van der Waals surface area (Å²) in [5.41, 5.74) is 15.7. The van der Waals surface area contributed by atoms with Crippen LogP contribution in [0.3, 0.4) is 0 Å². The highest BCUT2D eigenvalue weighted by molar-refractivity contribution is 5.85. The second-order valence-corrected chi connectivity index (χ2v) is 13.1. The van der Waals surface area contributed by atoms with Crippen LogP contribution >= 0.6 is 0 Å². The first-order valence-electron chi connectivity index (χ1n) is 16.6. The minimum absolute atomic E-state index is 1.03. The molecule has 0 unspecified atom stereocenters. The normalized spacial score (nSPS) is 13.8. The Morgan fingerprint density at radius 2 is 0.870 bits per heavy atom. The standard InChI is InChI=1S/C42H44N4/c1-43(2)37-19-13-31(14-20-37)9-11-33-23-27-45-25-5-7-35-17-18-36-8-6-26-46-28-24-34(30-40(46)42(36)41(35)39(45)29-33)12-10-32-15-21-38(22-16-32)44(3)4/h9-24,27-30H,5-8,25-26H2,1-4H3/q+2. The highest BCUT2D eigenvalue weighted by atomic mass is 15.1. The van der Waals surface area contributed by atoms with Crippen molar-refractivity contribution in [3.8, 4) is 22.5 Å². The van der Waals surface area contributed by atoms with Gasteiger partial charge in [-0.1, -0.05) is 60.7 Å². The van der Waals surface area contributed by atoms with Crippen molar-refractivity contribution in [3.05, 3.63) is 131 Å². The van der Waals surface area contributed by atoms with Gasteiger partial charge in [-0.05, 0) is 70.5 Å². The Bertz CT molecular complexity index is 1790. The molecule has 2 aliphatic rings. The Kier molecular flexibility index (Phi) is 8.28. The number of nitrogens with zero attached hydrogens (tertiary/aromatic N) is 4. The van der Waals surface area contributed by atoms with Crippen LogP contribution in [-0.2, 0) is 25.9 Å². The lowest BCUT2D eigenvalue weighted by Gasteiger charge is -2.14. The van der Waals surface area contributed by atoms with E-state index in [-0.39, 0.29) is 0 Å². The molecule has 0 radical (unpaired) electrons. The summed E-state index contributed by atoms with van der Waals surface area (Å²) in [4.78, 5) is 4.27. The minimum Gasteiger partial charge on any atom is -0.378 e. The average molecular weight is 605 g/mol. The number of pyridine rings is 2. The second-order valence-electron chi connectivity index (χ2n) is 13.1. The molecular formula is C42H44N4+2. The number of rotatable bonds is 6. The van der Waals surface area contributed by atoms with Crippen molar-refractivity contribution in [1.29, 1.82) is 0 Å². The number of anilines is 2. The van der Waals surface area contributed by atoms with Gasteiger partial charge in [0.25, 0.3) is 0 Å². The summed E-state index contributed by atoms with van der Waals surface area (Å²) >= 11 is 0. The Morgan fingerprint density at radius 3 is 1.26 bits per heavy atom. The lowest BCUT2D eigenvalue weighted by atomic mass is 9.88. The van der Waals surface area contributed by atoms with Gasteiger partial charge in [0.15, 0.2) is 12.4 Å². The third-order valence-electron chi connectivity index (χ3n) is 9.46. The van der Waals surface area contributed by atoms with Gasteiger partial charge in [-0.25, -0.2) is 0 Å². The molecule has 0 amide bonds. The van der Waals surface area contributed by atoms with E-state index in [0.717, 1.165) is 38.8 Å². The molecular weight excluding hydrogens is 560 g/mol. The summed E-state index contributed by atoms with van der Waals surface area (Å²) < 4.78 is 4.96. The van der Waals surface area contributed by atoms with Gasteiger partial charge in [0.2, 0.25) is 11.4 Å². The van der Waals surface area contributed by atoms with Gasteiger partial charge in [-0.2, -0.15) is 9.13 Å². The third kappa shape index (κ3) is 6.12.